The highest BCUT2D eigenvalue weighted by Crippen LogP contribution is 2.24. The molecule has 2 N–H and O–H groups in total. The second-order valence-corrected chi connectivity index (χ2v) is 8.46. The van der Waals surface area contributed by atoms with E-state index in [2.05, 4.69) is 15.9 Å². The third-order valence-electron chi connectivity index (χ3n) is 2.85. The molecule has 0 amide bonds. The first-order valence-electron chi connectivity index (χ1n) is 5.92. The SMILES string of the molecule is CN(Cc1ccc(Br)cc1)S(=O)(=O)c1cc(CN)cs1. The third-order valence-corrected chi connectivity index (χ3v) is 6.64. The molecular weight excluding hydrogens is 360 g/mol. The van der Waals surface area contributed by atoms with E-state index in [1.54, 1.807) is 18.5 Å². The molecule has 0 radical (unpaired) electrons. The minimum absolute atomic E-state index is 0.331. The number of thiophene rings is 1. The summed E-state index contributed by atoms with van der Waals surface area (Å²) in [5.74, 6) is 0. The summed E-state index contributed by atoms with van der Waals surface area (Å²) < 4.78 is 27.5. The maximum Gasteiger partial charge on any atom is 0.252 e. The van der Waals surface area contributed by atoms with Crippen molar-refractivity contribution in [3.05, 3.63) is 51.3 Å². The number of hydrogen-bond donors (Lipinski definition) is 1. The van der Waals surface area contributed by atoms with Gasteiger partial charge < -0.3 is 5.73 Å². The van der Waals surface area contributed by atoms with Gasteiger partial charge in [-0.15, -0.1) is 11.3 Å². The van der Waals surface area contributed by atoms with Crippen molar-refractivity contribution in [2.75, 3.05) is 7.05 Å². The topological polar surface area (TPSA) is 63.4 Å². The highest BCUT2D eigenvalue weighted by atomic mass is 79.9. The molecule has 1 heterocycles. The Morgan fingerprint density at radius 2 is 1.90 bits per heavy atom. The Balaban J connectivity index is 2.18. The van der Waals surface area contributed by atoms with E-state index >= 15 is 0 Å². The molecule has 0 unspecified atom stereocenters. The molecule has 0 aliphatic carbocycles. The van der Waals surface area contributed by atoms with Gasteiger partial charge in [-0.05, 0) is 34.7 Å². The van der Waals surface area contributed by atoms with Crippen LogP contribution in [-0.2, 0) is 23.1 Å². The van der Waals surface area contributed by atoms with Gasteiger partial charge in [0.2, 0.25) is 0 Å². The molecule has 1 aromatic heterocycles. The van der Waals surface area contributed by atoms with E-state index in [0.717, 1.165) is 15.6 Å². The average Bonchev–Trinajstić information content (AvgIpc) is 2.90. The molecule has 2 aromatic rings. The quantitative estimate of drug-likeness (QED) is 0.874. The van der Waals surface area contributed by atoms with Crippen LogP contribution in [0.1, 0.15) is 11.1 Å². The monoisotopic (exact) mass is 374 g/mol. The molecule has 0 fully saturated rings. The summed E-state index contributed by atoms with van der Waals surface area (Å²) >= 11 is 4.56. The number of nitrogens with zero attached hydrogens (tertiary/aromatic N) is 1. The van der Waals surface area contributed by atoms with Crippen LogP contribution in [0.2, 0.25) is 0 Å². The second-order valence-electron chi connectivity index (χ2n) is 4.37. The normalized spacial score (nSPS) is 12.0. The van der Waals surface area contributed by atoms with Crippen molar-refractivity contribution in [1.29, 1.82) is 0 Å². The molecule has 0 bridgehead atoms. The van der Waals surface area contributed by atoms with Gasteiger partial charge in [-0.25, -0.2) is 8.42 Å². The van der Waals surface area contributed by atoms with Gasteiger partial charge in [0.1, 0.15) is 4.21 Å². The summed E-state index contributed by atoms with van der Waals surface area (Å²) in [6.07, 6.45) is 0. The lowest BCUT2D eigenvalue weighted by atomic mass is 10.2. The predicted octanol–water partition coefficient (Wildman–Crippen LogP) is 2.79. The lowest BCUT2D eigenvalue weighted by Crippen LogP contribution is -2.25. The molecule has 20 heavy (non-hydrogen) atoms. The lowest BCUT2D eigenvalue weighted by molar-refractivity contribution is 0.468. The van der Waals surface area contributed by atoms with E-state index in [1.165, 1.54) is 15.6 Å². The van der Waals surface area contributed by atoms with E-state index in [0.29, 0.717) is 17.3 Å². The van der Waals surface area contributed by atoms with Gasteiger partial charge in [0.15, 0.2) is 0 Å². The Labute approximate surface area is 131 Å². The Bertz CT molecular complexity index is 681. The number of hydrogen-bond acceptors (Lipinski definition) is 4. The summed E-state index contributed by atoms with van der Waals surface area (Å²) in [5.41, 5.74) is 7.29. The number of sulfonamides is 1. The molecule has 0 aliphatic rings. The van der Waals surface area contributed by atoms with Gasteiger partial charge in [-0.3, -0.25) is 0 Å². The summed E-state index contributed by atoms with van der Waals surface area (Å²) in [4.78, 5) is 0. The maximum atomic E-state index is 12.4. The van der Waals surface area contributed by atoms with E-state index < -0.39 is 10.0 Å². The van der Waals surface area contributed by atoms with Gasteiger partial charge in [-0.2, -0.15) is 4.31 Å². The van der Waals surface area contributed by atoms with Crippen molar-refractivity contribution < 1.29 is 8.42 Å². The molecule has 0 atom stereocenters. The molecule has 0 saturated carbocycles. The van der Waals surface area contributed by atoms with Gasteiger partial charge in [0, 0.05) is 24.6 Å². The first-order valence-corrected chi connectivity index (χ1v) is 9.03. The van der Waals surface area contributed by atoms with Crippen LogP contribution >= 0.6 is 27.3 Å². The Morgan fingerprint density at radius 1 is 1.25 bits per heavy atom. The van der Waals surface area contributed by atoms with Crippen LogP contribution in [0.3, 0.4) is 0 Å². The van der Waals surface area contributed by atoms with Crippen LogP contribution in [0.4, 0.5) is 0 Å². The maximum absolute atomic E-state index is 12.4. The van der Waals surface area contributed by atoms with Crippen LogP contribution < -0.4 is 5.73 Å². The summed E-state index contributed by atoms with van der Waals surface area (Å²) in [7, 11) is -1.87. The van der Waals surface area contributed by atoms with E-state index in [1.807, 2.05) is 24.3 Å². The van der Waals surface area contributed by atoms with Crippen molar-refractivity contribution >= 4 is 37.3 Å². The lowest BCUT2D eigenvalue weighted by Gasteiger charge is -2.16. The van der Waals surface area contributed by atoms with Crippen LogP contribution in [0, 0.1) is 0 Å². The largest absolute Gasteiger partial charge is 0.326 e. The zero-order valence-corrected chi connectivity index (χ0v) is 14.1. The number of benzene rings is 1. The fraction of sp³-hybridized carbons (Fsp3) is 0.231. The highest BCUT2D eigenvalue weighted by molar-refractivity contribution is 9.10. The molecule has 0 spiro atoms. The molecule has 2 rings (SSSR count). The molecule has 1 aromatic carbocycles. The number of nitrogens with two attached hydrogens (primary N) is 1. The Hall–Kier alpha value is -0.730. The highest BCUT2D eigenvalue weighted by Gasteiger charge is 2.22. The standard InChI is InChI=1S/C13H15BrN2O2S2/c1-16(8-10-2-4-12(14)5-3-10)20(17,18)13-6-11(7-15)9-19-13/h2-6,9H,7-8,15H2,1H3. The van der Waals surface area contributed by atoms with Crippen molar-refractivity contribution in [3.63, 3.8) is 0 Å². The van der Waals surface area contributed by atoms with Gasteiger partial charge in [0.25, 0.3) is 10.0 Å². The summed E-state index contributed by atoms with van der Waals surface area (Å²) in [6, 6.07) is 9.23. The predicted molar refractivity (Wildman–Crippen MR) is 85.0 cm³/mol. The molecule has 4 nitrogen and oxygen atoms in total. The minimum Gasteiger partial charge on any atom is -0.326 e. The summed E-state index contributed by atoms with van der Waals surface area (Å²) in [5, 5.41) is 1.78. The zero-order valence-electron chi connectivity index (χ0n) is 10.9. The number of rotatable bonds is 5. The van der Waals surface area contributed by atoms with Crippen LogP contribution in [-0.4, -0.2) is 19.8 Å². The van der Waals surface area contributed by atoms with Crippen molar-refractivity contribution in [2.24, 2.45) is 5.73 Å². The van der Waals surface area contributed by atoms with Gasteiger partial charge in [-0.1, -0.05) is 28.1 Å². The third kappa shape index (κ3) is 3.48. The van der Waals surface area contributed by atoms with Crippen molar-refractivity contribution in [3.8, 4) is 0 Å². The zero-order chi connectivity index (χ0) is 14.8. The smallest absolute Gasteiger partial charge is 0.252 e. The van der Waals surface area contributed by atoms with Crippen LogP contribution in [0.25, 0.3) is 0 Å². The minimum atomic E-state index is -3.45. The molecular formula is C13H15BrN2O2S2. The van der Waals surface area contributed by atoms with Crippen molar-refractivity contribution in [1.82, 2.24) is 4.31 Å². The van der Waals surface area contributed by atoms with Gasteiger partial charge >= 0.3 is 0 Å². The van der Waals surface area contributed by atoms with Crippen molar-refractivity contribution in [2.45, 2.75) is 17.3 Å². The van der Waals surface area contributed by atoms with Crippen LogP contribution in [0.5, 0.6) is 0 Å². The molecule has 7 heteroatoms. The molecule has 108 valence electrons. The number of halogens is 1. The fourth-order valence-electron chi connectivity index (χ4n) is 1.68. The fourth-order valence-corrected chi connectivity index (χ4v) is 4.54. The molecule has 0 aliphatic heterocycles. The van der Waals surface area contributed by atoms with E-state index in [9.17, 15) is 8.42 Å². The Morgan fingerprint density at radius 3 is 2.45 bits per heavy atom. The van der Waals surface area contributed by atoms with E-state index in [4.69, 9.17) is 5.73 Å². The second kappa shape index (κ2) is 6.36. The molecule has 0 saturated heterocycles. The van der Waals surface area contributed by atoms with Crippen LogP contribution in [0.15, 0.2) is 44.4 Å². The van der Waals surface area contributed by atoms with E-state index in [-0.39, 0.29) is 0 Å². The summed E-state index contributed by atoms with van der Waals surface area (Å²) in [6.45, 7) is 0.688. The Kier molecular flexibility index (Phi) is 4.98. The van der Waals surface area contributed by atoms with Gasteiger partial charge in [0.05, 0.1) is 0 Å². The first-order chi connectivity index (χ1) is 9.43. The average molecular weight is 375 g/mol. The first kappa shape index (κ1) is 15.7.